The van der Waals surface area contributed by atoms with Gasteiger partial charge >= 0.3 is 0 Å². The minimum Gasteiger partial charge on any atom is -0.497 e. The maximum atomic E-state index is 12.3. The third-order valence-corrected chi connectivity index (χ3v) is 4.04. The van der Waals surface area contributed by atoms with Crippen LogP contribution in [0.4, 0.5) is 0 Å². The molecule has 0 aliphatic carbocycles. The van der Waals surface area contributed by atoms with Crippen LogP contribution in [0.5, 0.6) is 11.5 Å². The molecule has 0 aromatic heterocycles. The zero-order chi connectivity index (χ0) is 17.7. The third-order valence-electron chi connectivity index (χ3n) is 4.04. The van der Waals surface area contributed by atoms with Crippen molar-refractivity contribution >= 4 is 5.91 Å². The van der Waals surface area contributed by atoms with Gasteiger partial charge in [0, 0.05) is 6.54 Å². The van der Waals surface area contributed by atoms with Gasteiger partial charge in [-0.15, -0.1) is 0 Å². The Kier molecular flexibility index (Phi) is 5.85. The minimum absolute atomic E-state index is 0.142. The van der Waals surface area contributed by atoms with Gasteiger partial charge in [-0.2, -0.15) is 0 Å². The first-order valence-corrected chi connectivity index (χ1v) is 8.06. The van der Waals surface area contributed by atoms with Crippen LogP contribution in [0.15, 0.2) is 36.4 Å². The highest BCUT2D eigenvalue weighted by atomic mass is 16.5. The Hall–Kier alpha value is -2.49. The molecule has 24 heavy (non-hydrogen) atoms. The molecule has 2 aromatic rings. The number of ether oxygens (including phenoxy) is 2. The van der Waals surface area contributed by atoms with Crippen LogP contribution in [-0.4, -0.2) is 19.1 Å². The number of aryl methyl sites for hydroxylation is 2. The van der Waals surface area contributed by atoms with Crippen molar-refractivity contribution in [1.29, 1.82) is 0 Å². The Morgan fingerprint density at radius 3 is 2.62 bits per heavy atom. The fraction of sp³-hybridized carbons (Fsp3) is 0.350. The molecule has 0 bridgehead atoms. The molecule has 2 aromatic carbocycles. The number of rotatable bonds is 6. The highest BCUT2D eigenvalue weighted by Crippen LogP contribution is 2.24. The van der Waals surface area contributed by atoms with Crippen molar-refractivity contribution in [3.63, 3.8) is 0 Å². The van der Waals surface area contributed by atoms with Crippen molar-refractivity contribution in [3.05, 3.63) is 58.7 Å². The zero-order valence-electron chi connectivity index (χ0n) is 15.0. The van der Waals surface area contributed by atoms with Crippen LogP contribution in [-0.2, 0) is 11.3 Å². The Balaban J connectivity index is 1.97. The monoisotopic (exact) mass is 327 g/mol. The quantitative estimate of drug-likeness (QED) is 0.880. The van der Waals surface area contributed by atoms with E-state index < -0.39 is 6.10 Å². The second kappa shape index (κ2) is 7.86. The van der Waals surface area contributed by atoms with Gasteiger partial charge in [0.25, 0.3) is 5.91 Å². The van der Waals surface area contributed by atoms with E-state index in [1.54, 1.807) is 14.0 Å². The van der Waals surface area contributed by atoms with Gasteiger partial charge in [-0.25, -0.2) is 0 Å². The van der Waals surface area contributed by atoms with E-state index in [4.69, 9.17) is 9.47 Å². The van der Waals surface area contributed by atoms with Crippen molar-refractivity contribution in [2.75, 3.05) is 7.11 Å². The summed E-state index contributed by atoms with van der Waals surface area (Å²) in [5.74, 6) is 1.39. The van der Waals surface area contributed by atoms with Crippen LogP contribution in [0.3, 0.4) is 0 Å². The predicted molar refractivity (Wildman–Crippen MR) is 95.6 cm³/mol. The van der Waals surface area contributed by atoms with Gasteiger partial charge in [-0.1, -0.05) is 18.2 Å². The molecule has 0 saturated carbocycles. The van der Waals surface area contributed by atoms with E-state index in [2.05, 4.69) is 11.4 Å². The summed E-state index contributed by atoms with van der Waals surface area (Å²) in [6.45, 7) is 8.27. The zero-order valence-corrected chi connectivity index (χ0v) is 15.0. The topological polar surface area (TPSA) is 47.6 Å². The molecule has 1 atom stereocenters. The van der Waals surface area contributed by atoms with Gasteiger partial charge in [0.2, 0.25) is 0 Å². The third kappa shape index (κ3) is 4.51. The van der Waals surface area contributed by atoms with Crippen LogP contribution < -0.4 is 14.8 Å². The summed E-state index contributed by atoms with van der Waals surface area (Å²) in [6, 6.07) is 11.7. The average Bonchev–Trinajstić information content (AvgIpc) is 2.57. The molecule has 4 nitrogen and oxygen atoms in total. The lowest BCUT2D eigenvalue weighted by Crippen LogP contribution is -2.36. The molecule has 4 heteroatoms. The Bertz CT molecular complexity index is 725. The van der Waals surface area contributed by atoms with Gasteiger partial charge in [0.05, 0.1) is 7.11 Å². The summed E-state index contributed by atoms with van der Waals surface area (Å²) in [5.41, 5.74) is 4.33. The van der Waals surface area contributed by atoms with Crippen LogP contribution in [0.2, 0.25) is 0 Å². The maximum absolute atomic E-state index is 12.3. The number of amides is 1. The Morgan fingerprint density at radius 2 is 1.92 bits per heavy atom. The number of nitrogens with one attached hydrogen (secondary N) is 1. The molecule has 128 valence electrons. The summed E-state index contributed by atoms with van der Waals surface area (Å²) in [5, 5.41) is 2.90. The second-order valence-electron chi connectivity index (χ2n) is 6.03. The van der Waals surface area contributed by atoms with Crippen LogP contribution in [0.1, 0.15) is 29.2 Å². The van der Waals surface area contributed by atoms with E-state index in [0.717, 1.165) is 33.8 Å². The standard InChI is InChI=1S/C20H25NO3/c1-13-9-14(2)15(3)19(10-13)24-16(4)20(22)21-12-17-7-6-8-18(11-17)23-5/h6-11,16H,12H2,1-5H3,(H,21,22). The predicted octanol–water partition coefficient (Wildman–Crippen LogP) is 3.70. The first-order valence-electron chi connectivity index (χ1n) is 8.06. The Morgan fingerprint density at radius 1 is 1.17 bits per heavy atom. The molecule has 0 fully saturated rings. The van der Waals surface area contributed by atoms with E-state index in [-0.39, 0.29) is 5.91 Å². The first-order chi connectivity index (χ1) is 11.4. The smallest absolute Gasteiger partial charge is 0.261 e. The molecule has 1 N–H and O–H groups in total. The number of carbonyl (C=O) groups excluding carboxylic acids is 1. The number of hydrogen-bond donors (Lipinski definition) is 1. The normalized spacial score (nSPS) is 11.7. The summed E-state index contributed by atoms with van der Waals surface area (Å²) in [4.78, 5) is 12.3. The van der Waals surface area contributed by atoms with Crippen molar-refractivity contribution in [2.24, 2.45) is 0 Å². The summed E-state index contributed by atoms with van der Waals surface area (Å²) in [7, 11) is 1.62. The molecule has 0 radical (unpaired) electrons. The molecule has 1 unspecified atom stereocenters. The van der Waals surface area contributed by atoms with E-state index in [0.29, 0.717) is 6.54 Å². The lowest BCUT2D eigenvalue weighted by molar-refractivity contribution is -0.127. The molecule has 2 rings (SSSR count). The van der Waals surface area contributed by atoms with Gasteiger partial charge in [0.1, 0.15) is 11.5 Å². The fourth-order valence-electron chi connectivity index (χ4n) is 2.48. The fourth-order valence-corrected chi connectivity index (χ4v) is 2.48. The van der Waals surface area contributed by atoms with E-state index in [1.807, 2.05) is 51.1 Å². The van der Waals surface area contributed by atoms with Crippen LogP contribution >= 0.6 is 0 Å². The SMILES string of the molecule is COc1cccc(CNC(=O)C(C)Oc2cc(C)cc(C)c2C)c1. The largest absolute Gasteiger partial charge is 0.497 e. The minimum atomic E-state index is -0.560. The van der Waals surface area contributed by atoms with Crippen molar-refractivity contribution < 1.29 is 14.3 Å². The van der Waals surface area contributed by atoms with Gasteiger partial charge in [-0.3, -0.25) is 4.79 Å². The summed E-state index contributed by atoms with van der Waals surface area (Å²) >= 11 is 0. The Labute approximate surface area is 143 Å². The molecule has 0 spiro atoms. The van der Waals surface area contributed by atoms with Crippen LogP contribution in [0.25, 0.3) is 0 Å². The molecule has 0 saturated heterocycles. The lowest BCUT2D eigenvalue weighted by atomic mass is 10.1. The maximum Gasteiger partial charge on any atom is 0.261 e. The second-order valence-corrected chi connectivity index (χ2v) is 6.03. The van der Waals surface area contributed by atoms with E-state index in [9.17, 15) is 4.79 Å². The average molecular weight is 327 g/mol. The van der Waals surface area contributed by atoms with Gasteiger partial charge in [0.15, 0.2) is 6.10 Å². The summed E-state index contributed by atoms with van der Waals surface area (Å²) < 4.78 is 11.1. The lowest BCUT2D eigenvalue weighted by Gasteiger charge is -2.18. The summed E-state index contributed by atoms with van der Waals surface area (Å²) in [6.07, 6.45) is -0.560. The van der Waals surface area contributed by atoms with E-state index in [1.165, 1.54) is 0 Å². The number of hydrogen-bond acceptors (Lipinski definition) is 3. The number of methoxy groups -OCH3 is 1. The number of benzene rings is 2. The molecule has 1 amide bonds. The van der Waals surface area contributed by atoms with E-state index >= 15 is 0 Å². The number of carbonyl (C=O) groups is 1. The van der Waals surface area contributed by atoms with Crippen molar-refractivity contribution in [3.8, 4) is 11.5 Å². The van der Waals surface area contributed by atoms with Gasteiger partial charge < -0.3 is 14.8 Å². The van der Waals surface area contributed by atoms with Crippen molar-refractivity contribution in [1.82, 2.24) is 5.32 Å². The molecule has 0 heterocycles. The molecule has 0 aliphatic rings. The van der Waals surface area contributed by atoms with Gasteiger partial charge in [-0.05, 0) is 68.1 Å². The highest BCUT2D eigenvalue weighted by molar-refractivity contribution is 5.80. The molecule has 0 aliphatic heterocycles. The van der Waals surface area contributed by atoms with Crippen molar-refractivity contribution in [2.45, 2.75) is 40.3 Å². The molecular weight excluding hydrogens is 302 g/mol. The first kappa shape index (κ1) is 17.9. The van der Waals surface area contributed by atoms with Crippen LogP contribution in [0, 0.1) is 20.8 Å². The highest BCUT2D eigenvalue weighted by Gasteiger charge is 2.16. The molecular formula is C20H25NO3.